The van der Waals surface area contributed by atoms with Gasteiger partial charge in [-0.2, -0.15) is 0 Å². The molecule has 1 atom stereocenters. The third kappa shape index (κ3) is 3.96. The van der Waals surface area contributed by atoms with Crippen molar-refractivity contribution in [3.63, 3.8) is 0 Å². The van der Waals surface area contributed by atoms with Gasteiger partial charge in [-0.05, 0) is 31.4 Å². The molecule has 3 rings (SSSR count). The molecular formula is C20H26N2. The second kappa shape index (κ2) is 6.64. The number of piperazine rings is 1. The van der Waals surface area contributed by atoms with Gasteiger partial charge in [-0.15, -0.1) is 0 Å². The van der Waals surface area contributed by atoms with Crippen LogP contribution in [0.2, 0.25) is 0 Å². The van der Waals surface area contributed by atoms with Crippen molar-refractivity contribution in [3.8, 4) is 0 Å². The summed E-state index contributed by atoms with van der Waals surface area (Å²) < 4.78 is 0. The molecule has 2 aromatic rings. The number of benzene rings is 2. The standard InChI is InChI=1S/C20H26N2/c1-20(2)16-22(15-18-11-7-4-8-12-18)19(14-21-20)13-17-9-5-3-6-10-17/h3-12,19,21H,13-16H2,1-2H3. The minimum Gasteiger partial charge on any atom is -0.309 e. The van der Waals surface area contributed by atoms with Gasteiger partial charge in [0, 0.05) is 31.2 Å². The SMILES string of the molecule is CC1(C)CN(Cc2ccccc2)C(Cc2ccccc2)CN1. The number of nitrogens with one attached hydrogen (secondary N) is 1. The third-order valence-corrected chi connectivity index (χ3v) is 4.47. The molecule has 0 amide bonds. The second-order valence-corrected chi connectivity index (χ2v) is 7.00. The summed E-state index contributed by atoms with van der Waals surface area (Å²) in [6, 6.07) is 22.2. The molecule has 2 heteroatoms. The van der Waals surface area contributed by atoms with Crippen LogP contribution in [0.5, 0.6) is 0 Å². The largest absolute Gasteiger partial charge is 0.309 e. The molecule has 1 N–H and O–H groups in total. The van der Waals surface area contributed by atoms with Crippen molar-refractivity contribution in [2.75, 3.05) is 13.1 Å². The van der Waals surface area contributed by atoms with Crippen LogP contribution in [-0.2, 0) is 13.0 Å². The van der Waals surface area contributed by atoms with Crippen molar-refractivity contribution < 1.29 is 0 Å². The molecule has 1 aliphatic heterocycles. The fraction of sp³-hybridized carbons (Fsp3) is 0.400. The van der Waals surface area contributed by atoms with Crippen LogP contribution in [0.4, 0.5) is 0 Å². The quantitative estimate of drug-likeness (QED) is 0.928. The molecule has 22 heavy (non-hydrogen) atoms. The highest BCUT2D eigenvalue weighted by molar-refractivity contribution is 5.18. The number of hydrogen-bond donors (Lipinski definition) is 1. The minimum absolute atomic E-state index is 0.183. The van der Waals surface area contributed by atoms with Crippen LogP contribution >= 0.6 is 0 Å². The lowest BCUT2D eigenvalue weighted by Gasteiger charge is -2.45. The van der Waals surface area contributed by atoms with Crippen LogP contribution < -0.4 is 5.32 Å². The van der Waals surface area contributed by atoms with Crippen LogP contribution in [0.1, 0.15) is 25.0 Å². The van der Waals surface area contributed by atoms with Crippen molar-refractivity contribution in [3.05, 3.63) is 71.8 Å². The Kier molecular flexibility index (Phi) is 4.60. The highest BCUT2D eigenvalue weighted by Gasteiger charge is 2.32. The van der Waals surface area contributed by atoms with Gasteiger partial charge in [-0.3, -0.25) is 4.90 Å². The van der Waals surface area contributed by atoms with Gasteiger partial charge >= 0.3 is 0 Å². The van der Waals surface area contributed by atoms with Gasteiger partial charge in [0.25, 0.3) is 0 Å². The first-order valence-corrected chi connectivity index (χ1v) is 8.19. The highest BCUT2D eigenvalue weighted by atomic mass is 15.2. The van der Waals surface area contributed by atoms with E-state index in [-0.39, 0.29) is 5.54 Å². The summed E-state index contributed by atoms with van der Waals surface area (Å²) in [7, 11) is 0. The van der Waals surface area contributed by atoms with E-state index in [0.29, 0.717) is 6.04 Å². The molecule has 0 radical (unpaired) electrons. The van der Waals surface area contributed by atoms with Gasteiger partial charge in [0.05, 0.1) is 0 Å². The molecule has 0 aromatic heterocycles. The molecule has 1 unspecified atom stereocenters. The fourth-order valence-electron chi connectivity index (χ4n) is 3.31. The van der Waals surface area contributed by atoms with Crippen LogP contribution in [0, 0.1) is 0 Å². The fourth-order valence-corrected chi connectivity index (χ4v) is 3.31. The first-order chi connectivity index (χ1) is 10.6. The Morgan fingerprint density at radius 2 is 1.55 bits per heavy atom. The molecule has 0 aliphatic carbocycles. The van der Waals surface area contributed by atoms with Gasteiger partial charge < -0.3 is 5.32 Å². The molecular weight excluding hydrogens is 268 g/mol. The van der Waals surface area contributed by atoms with Crippen molar-refractivity contribution in [2.24, 2.45) is 0 Å². The predicted molar refractivity (Wildman–Crippen MR) is 92.9 cm³/mol. The average Bonchev–Trinajstić information content (AvgIpc) is 2.52. The maximum Gasteiger partial charge on any atom is 0.0265 e. The molecule has 0 saturated carbocycles. The van der Waals surface area contributed by atoms with Gasteiger partial charge in [0.15, 0.2) is 0 Å². The van der Waals surface area contributed by atoms with Crippen LogP contribution in [0.3, 0.4) is 0 Å². The lowest BCUT2D eigenvalue weighted by Crippen LogP contribution is -2.61. The van der Waals surface area contributed by atoms with Crippen molar-refractivity contribution >= 4 is 0 Å². The zero-order valence-electron chi connectivity index (χ0n) is 13.6. The van der Waals surface area contributed by atoms with E-state index in [0.717, 1.165) is 26.1 Å². The Labute approximate surface area is 134 Å². The summed E-state index contributed by atoms with van der Waals surface area (Å²) in [5.41, 5.74) is 3.01. The van der Waals surface area contributed by atoms with E-state index in [1.54, 1.807) is 0 Å². The van der Waals surface area contributed by atoms with E-state index < -0.39 is 0 Å². The molecule has 2 nitrogen and oxygen atoms in total. The first-order valence-electron chi connectivity index (χ1n) is 8.19. The topological polar surface area (TPSA) is 15.3 Å². The zero-order chi connectivity index (χ0) is 15.4. The smallest absolute Gasteiger partial charge is 0.0265 e. The van der Waals surface area contributed by atoms with Crippen molar-refractivity contribution in [2.45, 2.75) is 38.4 Å². The van der Waals surface area contributed by atoms with E-state index in [9.17, 15) is 0 Å². The van der Waals surface area contributed by atoms with E-state index in [1.807, 2.05) is 0 Å². The molecule has 1 aliphatic rings. The Hall–Kier alpha value is -1.64. The number of hydrogen-bond acceptors (Lipinski definition) is 2. The van der Waals surface area contributed by atoms with Gasteiger partial charge in [0.2, 0.25) is 0 Å². The van der Waals surface area contributed by atoms with E-state index in [1.165, 1.54) is 11.1 Å². The monoisotopic (exact) mass is 294 g/mol. The Morgan fingerprint density at radius 1 is 0.955 bits per heavy atom. The molecule has 0 spiro atoms. The average molecular weight is 294 g/mol. The van der Waals surface area contributed by atoms with Crippen LogP contribution in [-0.4, -0.2) is 29.6 Å². The summed E-state index contributed by atoms with van der Waals surface area (Å²) >= 11 is 0. The maximum atomic E-state index is 3.70. The molecule has 116 valence electrons. The van der Waals surface area contributed by atoms with Gasteiger partial charge in [0.1, 0.15) is 0 Å². The zero-order valence-corrected chi connectivity index (χ0v) is 13.6. The first kappa shape index (κ1) is 15.3. The Bertz CT molecular complexity index is 577. The number of nitrogens with zero attached hydrogens (tertiary/aromatic N) is 1. The summed E-state index contributed by atoms with van der Waals surface area (Å²) in [6.07, 6.45) is 1.11. The number of rotatable bonds is 4. The summed E-state index contributed by atoms with van der Waals surface area (Å²) in [6.45, 7) is 7.75. The molecule has 1 saturated heterocycles. The second-order valence-electron chi connectivity index (χ2n) is 7.00. The minimum atomic E-state index is 0.183. The normalized spacial score (nSPS) is 21.6. The van der Waals surface area contributed by atoms with Gasteiger partial charge in [-0.1, -0.05) is 60.7 Å². The van der Waals surface area contributed by atoms with E-state index >= 15 is 0 Å². The highest BCUT2D eigenvalue weighted by Crippen LogP contribution is 2.20. The summed E-state index contributed by atoms with van der Waals surface area (Å²) in [5.74, 6) is 0. The lowest BCUT2D eigenvalue weighted by molar-refractivity contribution is 0.0880. The van der Waals surface area contributed by atoms with Crippen molar-refractivity contribution in [1.82, 2.24) is 10.2 Å². The molecule has 1 fully saturated rings. The summed E-state index contributed by atoms with van der Waals surface area (Å²) in [5, 5.41) is 3.70. The van der Waals surface area contributed by atoms with E-state index in [4.69, 9.17) is 0 Å². The molecule has 2 aromatic carbocycles. The van der Waals surface area contributed by atoms with Gasteiger partial charge in [-0.25, -0.2) is 0 Å². The molecule has 1 heterocycles. The third-order valence-electron chi connectivity index (χ3n) is 4.47. The Morgan fingerprint density at radius 3 is 2.18 bits per heavy atom. The predicted octanol–water partition coefficient (Wildman–Crippen LogP) is 3.48. The van der Waals surface area contributed by atoms with Crippen LogP contribution in [0.25, 0.3) is 0 Å². The van der Waals surface area contributed by atoms with Crippen molar-refractivity contribution in [1.29, 1.82) is 0 Å². The lowest BCUT2D eigenvalue weighted by atomic mass is 9.94. The molecule has 0 bridgehead atoms. The maximum absolute atomic E-state index is 3.70. The van der Waals surface area contributed by atoms with Crippen LogP contribution in [0.15, 0.2) is 60.7 Å². The van der Waals surface area contributed by atoms with E-state index in [2.05, 4.69) is 84.7 Å². The summed E-state index contributed by atoms with van der Waals surface area (Å²) in [4.78, 5) is 2.64. The Balaban J connectivity index is 1.74.